The zero-order valence-corrected chi connectivity index (χ0v) is 10.6. The fraction of sp³-hybridized carbons (Fsp3) is 1.00. The molecule has 0 aromatic carbocycles. The maximum Gasteiger partial charge on any atom is 4.00 e. The molecule has 0 unspecified atom stereocenters. The van der Waals surface area contributed by atoms with Gasteiger partial charge < -0.3 is 20.4 Å². The van der Waals surface area contributed by atoms with Crippen molar-refractivity contribution in [1.82, 2.24) is 0 Å². The zero-order valence-electron chi connectivity index (χ0n) is 8.81. The van der Waals surface area contributed by atoms with Crippen molar-refractivity contribution in [2.75, 3.05) is 26.4 Å². The Morgan fingerprint density at radius 1 is 0.538 bits per heavy atom. The van der Waals surface area contributed by atoms with Gasteiger partial charge >= 0.3 is 19.5 Å². The summed E-state index contributed by atoms with van der Waals surface area (Å²) in [5.41, 5.74) is 0. The summed E-state index contributed by atoms with van der Waals surface area (Å²) in [7, 11) is 0. The molecular formula is C8H20O4Ru. The van der Waals surface area contributed by atoms with Crippen LogP contribution < -0.4 is 20.4 Å². The molecule has 0 amide bonds. The molecule has 13 heavy (non-hydrogen) atoms. The number of rotatable bonds is 0. The standard InChI is InChI=1S/4C2H5O.Ru/c4*1-2-3;/h4*2H2,1H3;/q4*-1;+4. The minimum Gasteiger partial charge on any atom is -0.855 e. The van der Waals surface area contributed by atoms with Gasteiger partial charge in [0, 0.05) is 0 Å². The summed E-state index contributed by atoms with van der Waals surface area (Å²) in [6.45, 7) is 6.28. The minimum atomic E-state index is 0. The fourth-order valence-corrected chi connectivity index (χ4v) is 0. The van der Waals surface area contributed by atoms with Crippen molar-refractivity contribution in [3.8, 4) is 0 Å². The van der Waals surface area contributed by atoms with Crippen LogP contribution >= 0.6 is 0 Å². The fourth-order valence-electron chi connectivity index (χ4n) is 0. The molecule has 5 heteroatoms. The molecule has 0 aliphatic carbocycles. The molecule has 4 nitrogen and oxygen atoms in total. The second kappa shape index (κ2) is 82.2. The summed E-state index contributed by atoms with van der Waals surface area (Å²) in [6, 6.07) is 0. The van der Waals surface area contributed by atoms with Gasteiger partial charge in [-0.3, -0.25) is 0 Å². The molecule has 0 heterocycles. The quantitative estimate of drug-likeness (QED) is 0.457. The maximum absolute atomic E-state index is 8.93. The molecule has 0 radical (unpaired) electrons. The molecule has 0 aliphatic heterocycles. The van der Waals surface area contributed by atoms with Crippen molar-refractivity contribution in [2.24, 2.45) is 0 Å². The van der Waals surface area contributed by atoms with E-state index in [4.69, 9.17) is 20.4 Å². The largest absolute Gasteiger partial charge is 4.00 e. The predicted octanol–water partition coefficient (Wildman–Crippen LogP) is -2.54. The van der Waals surface area contributed by atoms with Gasteiger partial charge in [0.25, 0.3) is 0 Å². The van der Waals surface area contributed by atoms with Gasteiger partial charge in [-0.2, -0.15) is 0 Å². The van der Waals surface area contributed by atoms with Crippen LogP contribution in [0.3, 0.4) is 0 Å². The Morgan fingerprint density at radius 3 is 0.538 bits per heavy atom. The molecule has 0 aromatic heterocycles. The van der Waals surface area contributed by atoms with Crippen LogP contribution in [0, 0.1) is 0 Å². The maximum atomic E-state index is 8.93. The molecule has 84 valence electrons. The van der Waals surface area contributed by atoms with Gasteiger partial charge in [-0.05, 0) is 0 Å². The normalized spacial score (nSPS) is 5.54. The second-order valence-corrected chi connectivity index (χ2v) is 1.15. The van der Waals surface area contributed by atoms with Crippen LogP contribution in [0.5, 0.6) is 0 Å². The van der Waals surface area contributed by atoms with E-state index in [0.717, 1.165) is 0 Å². The third-order valence-corrected chi connectivity index (χ3v) is 0. The van der Waals surface area contributed by atoms with Gasteiger partial charge in [0.15, 0.2) is 0 Å². The summed E-state index contributed by atoms with van der Waals surface area (Å²) in [6.07, 6.45) is 0. The first-order valence-electron chi connectivity index (χ1n) is 3.98. The van der Waals surface area contributed by atoms with Crippen LogP contribution in [0.4, 0.5) is 0 Å². The molecular weight excluding hydrogens is 261 g/mol. The average molecular weight is 281 g/mol. The monoisotopic (exact) mass is 282 g/mol. The summed E-state index contributed by atoms with van der Waals surface area (Å²) in [4.78, 5) is 0. The summed E-state index contributed by atoms with van der Waals surface area (Å²) in [5, 5.41) is 35.7. The van der Waals surface area contributed by atoms with Crippen molar-refractivity contribution < 1.29 is 39.9 Å². The molecule has 0 saturated heterocycles. The van der Waals surface area contributed by atoms with Crippen molar-refractivity contribution in [1.29, 1.82) is 0 Å². The van der Waals surface area contributed by atoms with Crippen molar-refractivity contribution in [2.45, 2.75) is 27.7 Å². The SMILES string of the molecule is CC[O-].CC[O-].CC[O-].CC[O-].[Ru+4]. The van der Waals surface area contributed by atoms with Gasteiger partial charge in [-0.15, -0.1) is 26.4 Å². The summed E-state index contributed by atoms with van der Waals surface area (Å²) < 4.78 is 0. The van der Waals surface area contributed by atoms with E-state index in [9.17, 15) is 0 Å². The molecule has 0 rings (SSSR count). The van der Waals surface area contributed by atoms with E-state index in [1.807, 2.05) is 0 Å². The van der Waals surface area contributed by atoms with Gasteiger partial charge in [-0.25, -0.2) is 0 Å². The van der Waals surface area contributed by atoms with Crippen molar-refractivity contribution in [3.05, 3.63) is 0 Å². The van der Waals surface area contributed by atoms with E-state index in [1.54, 1.807) is 27.7 Å². The van der Waals surface area contributed by atoms with E-state index in [-0.39, 0.29) is 45.9 Å². The van der Waals surface area contributed by atoms with Gasteiger partial charge in [-0.1, -0.05) is 27.7 Å². The summed E-state index contributed by atoms with van der Waals surface area (Å²) in [5.74, 6) is 0. The van der Waals surface area contributed by atoms with Gasteiger partial charge in [0.05, 0.1) is 0 Å². The molecule has 0 atom stereocenters. The zero-order chi connectivity index (χ0) is 10.8. The number of hydrogen-bond donors (Lipinski definition) is 0. The first kappa shape index (κ1) is 29.2. The molecule has 0 N–H and O–H groups in total. The Labute approximate surface area is 94.4 Å². The van der Waals surface area contributed by atoms with E-state index in [1.165, 1.54) is 0 Å². The van der Waals surface area contributed by atoms with Crippen molar-refractivity contribution in [3.63, 3.8) is 0 Å². The van der Waals surface area contributed by atoms with Crippen LogP contribution in [0.1, 0.15) is 27.7 Å². The van der Waals surface area contributed by atoms with E-state index in [0.29, 0.717) is 0 Å². The summed E-state index contributed by atoms with van der Waals surface area (Å²) >= 11 is 0. The Balaban J connectivity index is -0.0000000213. The number of hydrogen-bond acceptors (Lipinski definition) is 4. The van der Waals surface area contributed by atoms with E-state index >= 15 is 0 Å². The first-order chi connectivity index (χ1) is 5.66. The molecule has 0 fully saturated rings. The minimum absolute atomic E-state index is 0. The molecule has 0 bridgehead atoms. The molecule has 0 aliphatic rings. The smallest absolute Gasteiger partial charge is 0.855 e. The second-order valence-electron chi connectivity index (χ2n) is 1.15. The van der Waals surface area contributed by atoms with Gasteiger partial charge in [0.1, 0.15) is 0 Å². The van der Waals surface area contributed by atoms with Crippen LogP contribution in [0.2, 0.25) is 0 Å². The average Bonchev–Trinajstić information content (AvgIpc) is 1.92. The molecule has 0 aromatic rings. The Hall–Kier alpha value is 0.463. The van der Waals surface area contributed by atoms with Gasteiger partial charge in [0.2, 0.25) is 0 Å². The van der Waals surface area contributed by atoms with Crippen LogP contribution in [0.25, 0.3) is 0 Å². The topological polar surface area (TPSA) is 92.2 Å². The van der Waals surface area contributed by atoms with E-state index < -0.39 is 0 Å². The molecule has 0 spiro atoms. The third-order valence-electron chi connectivity index (χ3n) is 0. The Morgan fingerprint density at radius 2 is 0.538 bits per heavy atom. The first-order valence-corrected chi connectivity index (χ1v) is 3.98. The van der Waals surface area contributed by atoms with Crippen LogP contribution in [-0.2, 0) is 19.5 Å². The Kier molecular flexibility index (Phi) is 185. The van der Waals surface area contributed by atoms with Crippen LogP contribution in [-0.4, -0.2) is 26.4 Å². The third kappa shape index (κ3) is 6350. The Bertz CT molecular complexity index is 24.1. The molecule has 0 saturated carbocycles. The predicted molar refractivity (Wildman–Crippen MR) is 42.2 cm³/mol. The van der Waals surface area contributed by atoms with Crippen molar-refractivity contribution >= 4 is 0 Å². The van der Waals surface area contributed by atoms with Crippen LogP contribution in [0.15, 0.2) is 0 Å². The van der Waals surface area contributed by atoms with E-state index in [2.05, 4.69) is 0 Å².